The maximum Gasteiger partial charge on any atom is 0.115 e. The normalized spacial score (nSPS) is 12.4. The summed E-state index contributed by atoms with van der Waals surface area (Å²) in [6, 6.07) is 6.49. The van der Waals surface area contributed by atoms with Gasteiger partial charge in [0.1, 0.15) is 6.33 Å². The van der Waals surface area contributed by atoms with Gasteiger partial charge in [-0.25, -0.2) is 9.97 Å². The molecule has 0 spiro atoms. The fourth-order valence-electron chi connectivity index (χ4n) is 1.92. The molecule has 17 heavy (non-hydrogen) atoms. The summed E-state index contributed by atoms with van der Waals surface area (Å²) >= 11 is 3.52. The third-order valence-electron chi connectivity index (χ3n) is 2.60. The summed E-state index contributed by atoms with van der Waals surface area (Å²) in [6.07, 6.45) is 5.22. The summed E-state index contributed by atoms with van der Waals surface area (Å²) in [5.41, 5.74) is 3.49. The Hall–Kier alpha value is -1.26. The Labute approximate surface area is 109 Å². The first-order valence-electron chi connectivity index (χ1n) is 5.40. The van der Waals surface area contributed by atoms with E-state index < -0.39 is 0 Å². The lowest BCUT2D eigenvalue weighted by Gasteiger charge is -2.17. The molecule has 0 aliphatic carbocycles. The molecule has 0 aliphatic heterocycles. The Morgan fingerprint density at radius 3 is 2.41 bits per heavy atom. The van der Waals surface area contributed by atoms with Crippen LogP contribution in [0.1, 0.15) is 22.7 Å². The Bertz CT molecular complexity index is 479. The molecule has 1 N–H and O–H groups in total. The number of nitrogens with one attached hydrogen (secondary N) is 1. The predicted octanol–water partition coefficient (Wildman–Crippen LogP) is 2.86. The topological polar surface area (TPSA) is 37.8 Å². The molecule has 1 atom stereocenters. The zero-order chi connectivity index (χ0) is 12.3. The van der Waals surface area contributed by atoms with Crippen LogP contribution < -0.4 is 5.32 Å². The van der Waals surface area contributed by atoms with E-state index in [1.165, 1.54) is 11.1 Å². The summed E-state index contributed by atoms with van der Waals surface area (Å²) in [7, 11) is 1.94. The van der Waals surface area contributed by atoms with Gasteiger partial charge in [-0.05, 0) is 37.2 Å². The van der Waals surface area contributed by atoms with Crippen LogP contribution >= 0.6 is 15.9 Å². The smallest absolute Gasteiger partial charge is 0.115 e. The van der Waals surface area contributed by atoms with Gasteiger partial charge in [0.2, 0.25) is 0 Å². The molecule has 0 aliphatic rings. The van der Waals surface area contributed by atoms with E-state index in [9.17, 15) is 0 Å². The minimum absolute atomic E-state index is 0.118. The van der Waals surface area contributed by atoms with Gasteiger partial charge in [-0.3, -0.25) is 0 Å². The Morgan fingerprint density at radius 2 is 1.82 bits per heavy atom. The van der Waals surface area contributed by atoms with E-state index in [4.69, 9.17) is 0 Å². The highest BCUT2D eigenvalue weighted by Gasteiger charge is 2.13. The van der Waals surface area contributed by atoms with Gasteiger partial charge in [-0.1, -0.05) is 22.0 Å². The standard InChI is InChI=1S/C13H14BrN3/c1-9-3-10(5-12(14)4-9)13(15-2)11-6-16-8-17-7-11/h3-8,13,15H,1-2H3. The summed E-state index contributed by atoms with van der Waals surface area (Å²) in [4.78, 5) is 8.12. The first kappa shape index (κ1) is 12.2. The highest BCUT2D eigenvalue weighted by atomic mass is 79.9. The lowest BCUT2D eigenvalue weighted by atomic mass is 10.00. The molecule has 3 nitrogen and oxygen atoms in total. The molecular formula is C13H14BrN3. The van der Waals surface area contributed by atoms with Crippen LogP contribution in [-0.4, -0.2) is 17.0 Å². The molecule has 1 aromatic heterocycles. The molecule has 2 aromatic rings. The lowest BCUT2D eigenvalue weighted by molar-refractivity contribution is 0.683. The van der Waals surface area contributed by atoms with Gasteiger partial charge in [0.25, 0.3) is 0 Å². The maximum atomic E-state index is 4.06. The number of hydrogen-bond acceptors (Lipinski definition) is 3. The SMILES string of the molecule is CNC(c1cncnc1)c1cc(C)cc(Br)c1. The number of nitrogens with zero attached hydrogens (tertiary/aromatic N) is 2. The largest absolute Gasteiger partial charge is 0.309 e. The molecule has 0 saturated carbocycles. The maximum absolute atomic E-state index is 4.06. The minimum atomic E-state index is 0.118. The van der Waals surface area contributed by atoms with Crippen LogP contribution in [0, 0.1) is 6.92 Å². The van der Waals surface area contributed by atoms with Crippen LogP contribution in [0.5, 0.6) is 0 Å². The van der Waals surface area contributed by atoms with E-state index in [2.05, 4.69) is 56.3 Å². The second kappa shape index (κ2) is 5.38. The van der Waals surface area contributed by atoms with E-state index in [0.29, 0.717) is 0 Å². The monoisotopic (exact) mass is 291 g/mol. The van der Waals surface area contributed by atoms with Crippen LogP contribution in [0.2, 0.25) is 0 Å². The summed E-state index contributed by atoms with van der Waals surface area (Å²) in [6.45, 7) is 2.09. The van der Waals surface area contributed by atoms with Crippen molar-refractivity contribution in [2.75, 3.05) is 7.05 Å². The van der Waals surface area contributed by atoms with Crippen molar-refractivity contribution in [2.24, 2.45) is 0 Å². The fourth-order valence-corrected chi connectivity index (χ4v) is 2.54. The van der Waals surface area contributed by atoms with E-state index in [0.717, 1.165) is 10.0 Å². The minimum Gasteiger partial charge on any atom is -0.309 e. The van der Waals surface area contributed by atoms with E-state index in [1.54, 1.807) is 6.33 Å². The number of benzene rings is 1. The molecule has 88 valence electrons. The van der Waals surface area contributed by atoms with E-state index in [1.807, 2.05) is 19.4 Å². The Kier molecular flexibility index (Phi) is 3.86. The molecule has 4 heteroatoms. The molecule has 1 unspecified atom stereocenters. The van der Waals surface area contributed by atoms with Crippen molar-refractivity contribution >= 4 is 15.9 Å². The Balaban J connectivity index is 2.42. The van der Waals surface area contributed by atoms with Crippen LogP contribution in [0.15, 0.2) is 41.4 Å². The molecular weight excluding hydrogens is 278 g/mol. The van der Waals surface area contributed by atoms with E-state index >= 15 is 0 Å². The molecule has 0 saturated heterocycles. The van der Waals surface area contributed by atoms with Crippen molar-refractivity contribution in [1.82, 2.24) is 15.3 Å². The number of hydrogen-bond donors (Lipinski definition) is 1. The van der Waals surface area contributed by atoms with Crippen molar-refractivity contribution in [3.8, 4) is 0 Å². The average molecular weight is 292 g/mol. The van der Waals surface area contributed by atoms with Crippen molar-refractivity contribution in [1.29, 1.82) is 0 Å². The number of halogens is 1. The zero-order valence-corrected chi connectivity index (χ0v) is 11.4. The van der Waals surface area contributed by atoms with Gasteiger partial charge in [0.15, 0.2) is 0 Å². The highest BCUT2D eigenvalue weighted by Crippen LogP contribution is 2.24. The predicted molar refractivity (Wildman–Crippen MR) is 71.8 cm³/mol. The summed E-state index contributed by atoms with van der Waals surface area (Å²) in [5.74, 6) is 0. The molecule has 0 radical (unpaired) electrons. The Morgan fingerprint density at radius 1 is 1.12 bits per heavy atom. The quantitative estimate of drug-likeness (QED) is 0.945. The first-order valence-corrected chi connectivity index (χ1v) is 6.19. The van der Waals surface area contributed by atoms with Gasteiger partial charge in [-0.15, -0.1) is 0 Å². The fraction of sp³-hybridized carbons (Fsp3) is 0.231. The molecule has 0 amide bonds. The van der Waals surface area contributed by atoms with Crippen LogP contribution in [0.25, 0.3) is 0 Å². The molecule has 1 heterocycles. The van der Waals surface area contributed by atoms with Gasteiger partial charge in [0.05, 0.1) is 6.04 Å². The zero-order valence-electron chi connectivity index (χ0n) is 9.81. The first-order chi connectivity index (χ1) is 8.20. The summed E-state index contributed by atoms with van der Waals surface area (Å²) in [5, 5.41) is 3.29. The third-order valence-corrected chi connectivity index (χ3v) is 3.06. The molecule has 2 rings (SSSR count). The molecule has 0 bridgehead atoms. The highest BCUT2D eigenvalue weighted by molar-refractivity contribution is 9.10. The second-order valence-corrected chi connectivity index (χ2v) is 4.87. The third kappa shape index (κ3) is 2.90. The van der Waals surface area contributed by atoms with Crippen molar-refractivity contribution in [2.45, 2.75) is 13.0 Å². The van der Waals surface area contributed by atoms with Gasteiger partial charge < -0.3 is 5.32 Å². The van der Waals surface area contributed by atoms with Crippen LogP contribution in [-0.2, 0) is 0 Å². The van der Waals surface area contributed by atoms with Crippen molar-refractivity contribution in [3.63, 3.8) is 0 Å². The van der Waals surface area contributed by atoms with Crippen molar-refractivity contribution in [3.05, 3.63) is 58.1 Å². The van der Waals surface area contributed by atoms with Crippen molar-refractivity contribution < 1.29 is 0 Å². The molecule has 0 fully saturated rings. The number of aryl methyl sites for hydroxylation is 1. The average Bonchev–Trinajstić information content (AvgIpc) is 2.30. The van der Waals surface area contributed by atoms with Crippen LogP contribution in [0.3, 0.4) is 0 Å². The van der Waals surface area contributed by atoms with E-state index in [-0.39, 0.29) is 6.04 Å². The van der Waals surface area contributed by atoms with Gasteiger partial charge in [-0.2, -0.15) is 0 Å². The number of rotatable bonds is 3. The summed E-state index contributed by atoms with van der Waals surface area (Å²) < 4.78 is 1.09. The lowest BCUT2D eigenvalue weighted by Crippen LogP contribution is -2.18. The van der Waals surface area contributed by atoms with Gasteiger partial charge >= 0.3 is 0 Å². The second-order valence-electron chi connectivity index (χ2n) is 3.96. The van der Waals surface area contributed by atoms with Crippen LogP contribution in [0.4, 0.5) is 0 Å². The van der Waals surface area contributed by atoms with Gasteiger partial charge in [0, 0.05) is 22.4 Å². The number of aromatic nitrogens is 2. The molecule has 1 aromatic carbocycles.